The zero-order valence-electron chi connectivity index (χ0n) is 14.5. The Kier molecular flexibility index (Phi) is 5.81. The van der Waals surface area contributed by atoms with Gasteiger partial charge in [-0.2, -0.15) is 0 Å². The summed E-state index contributed by atoms with van der Waals surface area (Å²) < 4.78 is 27.0. The molecular weight excluding hydrogens is 382 g/mol. The Morgan fingerprint density at radius 2 is 1.50 bits per heavy atom. The third-order valence-electron chi connectivity index (χ3n) is 3.78. The van der Waals surface area contributed by atoms with Gasteiger partial charge in [-0.1, -0.05) is 12.1 Å². The largest absolute Gasteiger partial charge is 0.397 e. The Morgan fingerprint density at radius 1 is 0.857 bits per heavy atom. The topological polar surface area (TPSA) is 79.2 Å². The fraction of sp³-hybridized carbons (Fsp3) is 0. The number of hydrogen-bond acceptors (Lipinski definition) is 3. The van der Waals surface area contributed by atoms with E-state index in [2.05, 4.69) is 16.0 Å². The average molecular weight is 398 g/mol. The lowest BCUT2D eigenvalue weighted by Gasteiger charge is -2.13. The first-order valence-electron chi connectivity index (χ1n) is 8.21. The molecule has 0 aliphatic rings. The number of halogens is 2. The predicted molar refractivity (Wildman–Crippen MR) is 111 cm³/mol. The van der Waals surface area contributed by atoms with Crippen molar-refractivity contribution in [1.29, 1.82) is 0 Å². The highest BCUT2D eigenvalue weighted by molar-refractivity contribution is 7.80. The van der Waals surface area contributed by atoms with Gasteiger partial charge in [-0.15, -0.1) is 0 Å². The SMILES string of the molecule is Nc1ccc(F)cc1NC(=S)Nc1ccc(NC(=O)c2ccccc2F)cc1. The lowest BCUT2D eigenvalue weighted by molar-refractivity contribution is 0.102. The Hall–Kier alpha value is -3.52. The summed E-state index contributed by atoms with van der Waals surface area (Å²) >= 11 is 5.19. The summed E-state index contributed by atoms with van der Waals surface area (Å²) in [5, 5.41) is 8.59. The predicted octanol–water partition coefficient (Wildman–Crippen LogP) is 4.61. The van der Waals surface area contributed by atoms with Crippen molar-refractivity contribution >= 4 is 46.0 Å². The second kappa shape index (κ2) is 8.45. The first-order valence-corrected chi connectivity index (χ1v) is 8.62. The van der Waals surface area contributed by atoms with E-state index < -0.39 is 17.5 Å². The van der Waals surface area contributed by atoms with Gasteiger partial charge in [0.05, 0.1) is 16.9 Å². The van der Waals surface area contributed by atoms with Gasteiger partial charge in [0.2, 0.25) is 0 Å². The molecule has 142 valence electrons. The van der Waals surface area contributed by atoms with Crippen LogP contribution in [0.5, 0.6) is 0 Å². The van der Waals surface area contributed by atoms with Crippen LogP contribution >= 0.6 is 12.2 Å². The van der Waals surface area contributed by atoms with Crippen molar-refractivity contribution in [3.8, 4) is 0 Å². The molecule has 5 N–H and O–H groups in total. The molecule has 0 spiro atoms. The fourth-order valence-corrected chi connectivity index (χ4v) is 2.63. The summed E-state index contributed by atoms with van der Waals surface area (Å²) in [6.45, 7) is 0. The van der Waals surface area contributed by atoms with Gasteiger partial charge >= 0.3 is 0 Å². The molecule has 0 fully saturated rings. The van der Waals surface area contributed by atoms with Gasteiger partial charge in [0.1, 0.15) is 11.6 Å². The van der Waals surface area contributed by atoms with Crippen LogP contribution < -0.4 is 21.7 Å². The number of benzene rings is 3. The van der Waals surface area contributed by atoms with Crippen LogP contribution in [0.3, 0.4) is 0 Å². The smallest absolute Gasteiger partial charge is 0.258 e. The number of amides is 1. The minimum atomic E-state index is -0.591. The van der Waals surface area contributed by atoms with E-state index in [9.17, 15) is 13.6 Å². The number of hydrogen-bond donors (Lipinski definition) is 4. The summed E-state index contributed by atoms with van der Waals surface area (Å²) in [4.78, 5) is 12.1. The van der Waals surface area contributed by atoms with Crippen molar-refractivity contribution in [2.24, 2.45) is 0 Å². The van der Waals surface area contributed by atoms with E-state index in [1.165, 1.54) is 36.4 Å². The van der Waals surface area contributed by atoms with E-state index in [1.807, 2.05) is 0 Å². The molecule has 0 saturated heterocycles. The minimum absolute atomic E-state index is 0.0391. The van der Waals surface area contributed by atoms with Crippen molar-refractivity contribution in [3.05, 3.63) is 83.9 Å². The fourth-order valence-electron chi connectivity index (χ4n) is 2.40. The average Bonchev–Trinajstić information content (AvgIpc) is 2.66. The molecule has 1 amide bonds. The zero-order chi connectivity index (χ0) is 20.1. The number of thiocarbonyl (C=S) groups is 1. The van der Waals surface area contributed by atoms with Crippen LogP contribution in [0.25, 0.3) is 0 Å². The molecule has 8 heteroatoms. The summed E-state index contributed by atoms with van der Waals surface area (Å²) in [5.74, 6) is -1.57. The van der Waals surface area contributed by atoms with Gasteiger partial charge in [0.25, 0.3) is 5.91 Å². The van der Waals surface area contributed by atoms with E-state index in [-0.39, 0.29) is 10.7 Å². The molecule has 0 aromatic heterocycles. The van der Waals surface area contributed by atoms with Crippen LogP contribution in [0, 0.1) is 11.6 Å². The molecule has 3 rings (SSSR count). The van der Waals surface area contributed by atoms with Crippen LogP contribution in [0.15, 0.2) is 66.7 Å². The van der Waals surface area contributed by atoms with Gasteiger partial charge in [-0.05, 0) is 66.8 Å². The van der Waals surface area contributed by atoms with E-state index in [1.54, 1.807) is 30.3 Å². The van der Waals surface area contributed by atoms with Crippen LogP contribution in [-0.2, 0) is 0 Å². The molecule has 0 atom stereocenters. The third-order valence-corrected chi connectivity index (χ3v) is 3.99. The Labute approximate surface area is 165 Å². The van der Waals surface area contributed by atoms with Gasteiger partial charge in [-0.3, -0.25) is 4.79 Å². The molecule has 0 aliphatic carbocycles. The van der Waals surface area contributed by atoms with Crippen molar-refractivity contribution < 1.29 is 13.6 Å². The number of anilines is 4. The van der Waals surface area contributed by atoms with Crippen molar-refractivity contribution in [2.75, 3.05) is 21.7 Å². The molecule has 28 heavy (non-hydrogen) atoms. The van der Waals surface area contributed by atoms with E-state index >= 15 is 0 Å². The molecule has 0 aliphatic heterocycles. The Morgan fingerprint density at radius 3 is 2.18 bits per heavy atom. The number of carbonyl (C=O) groups is 1. The Balaban J connectivity index is 1.61. The summed E-state index contributed by atoms with van der Waals surface area (Å²) in [6, 6.07) is 16.3. The van der Waals surface area contributed by atoms with Gasteiger partial charge in [-0.25, -0.2) is 8.78 Å². The first-order chi connectivity index (χ1) is 13.4. The lowest BCUT2D eigenvalue weighted by atomic mass is 10.2. The monoisotopic (exact) mass is 398 g/mol. The number of nitrogens with two attached hydrogens (primary N) is 1. The van der Waals surface area contributed by atoms with Gasteiger partial charge < -0.3 is 21.7 Å². The van der Waals surface area contributed by atoms with Crippen molar-refractivity contribution in [2.45, 2.75) is 0 Å². The normalized spacial score (nSPS) is 10.2. The third kappa shape index (κ3) is 4.80. The molecule has 5 nitrogen and oxygen atoms in total. The quantitative estimate of drug-likeness (QED) is 0.381. The highest BCUT2D eigenvalue weighted by atomic mass is 32.1. The maximum Gasteiger partial charge on any atom is 0.258 e. The molecule has 0 saturated carbocycles. The highest BCUT2D eigenvalue weighted by Gasteiger charge is 2.11. The molecule has 0 heterocycles. The molecule has 0 unspecified atom stereocenters. The van der Waals surface area contributed by atoms with Crippen molar-refractivity contribution in [1.82, 2.24) is 0 Å². The molecule has 0 radical (unpaired) electrons. The molecule has 3 aromatic rings. The van der Waals surface area contributed by atoms with Crippen molar-refractivity contribution in [3.63, 3.8) is 0 Å². The number of nitrogens with one attached hydrogen (secondary N) is 3. The highest BCUT2D eigenvalue weighted by Crippen LogP contribution is 2.20. The first kappa shape index (κ1) is 19.2. The summed E-state index contributed by atoms with van der Waals surface area (Å²) in [5.41, 5.74) is 7.57. The second-order valence-corrected chi connectivity index (χ2v) is 6.23. The van der Waals surface area contributed by atoms with Gasteiger partial charge in [0.15, 0.2) is 5.11 Å². The standard InChI is InChI=1S/C20H16F2N4OS/c21-12-5-10-17(23)18(11-12)26-20(28)25-14-8-6-13(7-9-14)24-19(27)15-3-1-2-4-16(15)22/h1-11H,23H2,(H,24,27)(H2,25,26,28). The lowest BCUT2D eigenvalue weighted by Crippen LogP contribution is -2.20. The Bertz CT molecular complexity index is 1020. The molecule has 0 bridgehead atoms. The molecule has 3 aromatic carbocycles. The maximum atomic E-state index is 13.7. The number of rotatable bonds is 4. The van der Waals surface area contributed by atoms with Crippen LogP contribution in [0.2, 0.25) is 0 Å². The maximum absolute atomic E-state index is 13.7. The number of carbonyl (C=O) groups excluding carboxylic acids is 1. The number of nitrogen functional groups attached to an aromatic ring is 1. The van der Waals surface area contributed by atoms with Crippen LogP contribution in [-0.4, -0.2) is 11.0 Å². The van der Waals surface area contributed by atoms with E-state index in [4.69, 9.17) is 18.0 Å². The van der Waals surface area contributed by atoms with Crippen LogP contribution in [0.1, 0.15) is 10.4 Å². The minimum Gasteiger partial charge on any atom is -0.397 e. The van der Waals surface area contributed by atoms with Crippen LogP contribution in [0.4, 0.5) is 31.5 Å². The zero-order valence-corrected chi connectivity index (χ0v) is 15.3. The van der Waals surface area contributed by atoms with E-state index in [0.29, 0.717) is 22.7 Å². The summed E-state index contributed by atoms with van der Waals surface area (Å²) in [7, 11) is 0. The van der Waals surface area contributed by atoms with Gasteiger partial charge in [0, 0.05) is 11.4 Å². The second-order valence-electron chi connectivity index (χ2n) is 5.82. The van der Waals surface area contributed by atoms with E-state index in [0.717, 1.165) is 0 Å². The molecular formula is C20H16F2N4OS. The summed E-state index contributed by atoms with van der Waals surface area (Å²) in [6.07, 6.45) is 0.